The number of carbonyl (C=O) groups is 2. The van der Waals surface area contributed by atoms with E-state index in [0.29, 0.717) is 29.4 Å². The van der Waals surface area contributed by atoms with Gasteiger partial charge in [0, 0.05) is 0 Å². The first-order chi connectivity index (χ1) is 12.8. The van der Waals surface area contributed by atoms with Crippen LogP contribution in [0, 0.1) is 20.8 Å². The van der Waals surface area contributed by atoms with Gasteiger partial charge in [0.1, 0.15) is 12.4 Å². The van der Waals surface area contributed by atoms with Crippen LogP contribution in [0.1, 0.15) is 27.0 Å². The van der Waals surface area contributed by atoms with E-state index in [1.165, 1.54) is 30.9 Å². The molecule has 0 saturated heterocycles. The number of hydrogen-bond acceptors (Lipinski definition) is 4. The maximum Gasteiger partial charge on any atom is 0.337 e. The van der Waals surface area contributed by atoms with Gasteiger partial charge in [-0.05, 0) is 50.1 Å². The number of aryl methyl sites for hydroxylation is 3. The van der Waals surface area contributed by atoms with Crippen molar-refractivity contribution in [2.75, 3.05) is 25.6 Å². The standard InChI is InChI=1S/C20H23ClN2O4/c1-12-9-13(2)18(14(3)10-12)27-8-7-22-20(25)23-17-11-15(19(24)26-4)5-6-16(17)21/h5-6,9-11H,7-8H2,1-4H3,(H2,22,23,25). The van der Waals surface area contributed by atoms with E-state index in [4.69, 9.17) is 16.3 Å². The van der Waals surface area contributed by atoms with Crippen LogP contribution in [0.25, 0.3) is 0 Å². The molecule has 0 aromatic heterocycles. The molecule has 0 bridgehead atoms. The minimum absolute atomic E-state index is 0.297. The highest BCUT2D eigenvalue weighted by Crippen LogP contribution is 2.25. The number of halogens is 1. The van der Waals surface area contributed by atoms with E-state index in [-0.39, 0.29) is 0 Å². The van der Waals surface area contributed by atoms with Crippen LogP contribution < -0.4 is 15.4 Å². The van der Waals surface area contributed by atoms with Crippen molar-refractivity contribution in [2.45, 2.75) is 20.8 Å². The third-order valence-electron chi connectivity index (χ3n) is 3.87. The molecule has 2 aromatic carbocycles. The van der Waals surface area contributed by atoms with Crippen molar-refractivity contribution in [3.05, 3.63) is 57.6 Å². The second kappa shape index (κ2) is 9.28. The molecular weight excluding hydrogens is 368 g/mol. The lowest BCUT2D eigenvalue weighted by Crippen LogP contribution is -2.32. The van der Waals surface area contributed by atoms with Crippen molar-refractivity contribution in [1.29, 1.82) is 0 Å². The Kier molecular flexibility index (Phi) is 7.07. The molecule has 0 unspecified atom stereocenters. The molecule has 0 aliphatic rings. The number of nitrogens with one attached hydrogen (secondary N) is 2. The molecular formula is C20H23ClN2O4. The van der Waals surface area contributed by atoms with Crippen LogP contribution in [0.2, 0.25) is 5.02 Å². The topological polar surface area (TPSA) is 76.7 Å². The maximum absolute atomic E-state index is 12.1. The predicted molar refractivity (Wildman–Crippen MR) is 106 cm³/mol. The molecule has 144 valence electrons. The van der Waals surface area contributed by atoms with Crippen molar-refractivity contribution in [2.24, 2.45) is 0 Å². The number of carbonyl (C=O) groups excluding carboxylic acids is 2. The van der Waals surface area contributed by atoms with Gasteiger partial charge in [0.25, 0.3) is 0 Å². The van der Waals surface area contributed by atoms with E-state index in [2.05, 4.69) is 27.5 Å². The highest BCUT2D eigenvalue weighted by Gasteiger charge is 2.11. The molecule has 0 heterocycles. The summed E-state index contributed by atoms with van der Waals surface area (Å²) in [5, 5.41) is 5.62. The number of hydrogen-bond donors (Lipinski definition) is 2. The molecule has 0 fully saturated rings. The van der Waals surface area contributed by atoms with E-state index in [1.54, 1.807) is 0 Å². The minimum atomic E-state index is -0.507. The Labute approximate surface area is 163 Å². The van der Waals surface area contributed by atoms with Gasteiger partial charge in [-0.3, -0.25) is 0 Å². The van der Waals surface area contributed by atoms with Gasteiger partial charge >= 0.3 is 12.0 Å². The smallest absolute Gasteiger partial charge is 0.337 e. The molecule has 0 saturated carbocycles. The van der Waals surface area contributed by atoms with E-state index in [1.807, 2.05) is 20.8 Å². The number of urea groups is 1. The van der Waals surface area contributed by atoms with E-state index < -0.39 is 12.0 Å². The highest BCUT2D eigenvalue weighted by atomic mass is 35.5. The van der Waals surface area contributed by atoms with Gasteiger partial charge in [0.15, 0.2) is 0 Å². The molecule has 0 aliphatic heterocycles. The average molecular weight is 391 g/mol. The van der Waals surface area contributed by atoms with Crippen LogP contribution in [0.3, 0.4) is 0 Å². The van der Waals surface area contributed by atoms with Gasteiger partial charge < -0.3 is 20.1 Å². The van der Waals surface area contributed by atoms with Crippen molar-refractivity contribution in [3.63, 3.8) is 0 Å². The van der Waals surface area contributed by atoms with E-state index in [0.717, 1.165) is 16.9 Å². The third-order valence-corrected chi connectivity index (χ3v) is 4.20. The molecule has 0 aliphatic carbocycles. The normalized spacial score (nSPS) is 10.3. The first-order valence-electron chi connectivity index (χ1n) is 8.45. The Balaban J connectivity index is 1.88. The largest absolute Gasteiger partial charge is 0.491 e. The van der Waals surface area contributed by atoms with Crippen LogP contribution >= 0.6 is 11.6 Å². The number of methoxy groups -OCH3 is 1. The summed E-state index contributed by atoms with van der Waals surface area (Å²) in [4.78, 5) is 23.6. The quantitative estimate of drug-likeness (QED) is 0.571. The van der Waals surface area contributed by atoms with Crippen LogP contribution in [0.15, 0.2) is 30.3 Å². The fourth-order valence-electron chi connectivity index (χ4n) is 2.74. The Morgan fingerprint density at radius 2 is 1.74 bits per heavy atom. The minimum Gasteiger partial charge on any atom is -0.491 e. The maximum atomic E-state index is 12.1. The van der Waals surface area contributed by atoms with E-state index in [9.17, 15) is 9.59 Å². The zero-order chi connectivity index (χ0) is 20.0. The lowest BCUT2D eigenvalue weighted by molar-refractivity contribution is 0.0600. The molecule has 2 rings (SSSR count). The van der Waals surface area contributed by atoms with Crippen LogP contribution in [-0.2, 0) is 4.74 Å². The molecule has 7 heteroatoms. The van der Waals surface area contributed by atoms with Crippen LogP contribution in [0.4, 0.5) is 10.5 Å². The zero-order valence-electron chi connectivity index (χ0n) is 15.8. The Morgan fingerprint density at radius 1 is 1.07 bits per heavy atom. The first-order valence-corrected chi connectivity index (χ1v) is 8.83. The lowest BCUT2D eigenvalue weighted by atomic mass is 10.1. The second-order valence-electron chi connectivity index (χ2n) is 6.14. The molecule has 2 N–H and O–H groups in total. The lowest BCUT2D eigenvalue weighted by Gasteiger charge is -2.14. The Hall–Kier alpha value is -2.73. The Bertz CT molecular complexity index is 829. The highest BCUT2D eigenvalue weighted by molar-refractivity contribution is 6.33. The fourth-order valence-corrected chi connectivity index (χ4v) is 2.91. The summed E-state index contributed by atoms with van der Waals surface area (Å²) in [5.74, 6) is 0.323. The van der Waals surface area contributed by atoms with Gasteiger partial charge in [0.05, 0.1) is 29.9 Å². The molecule has 2 aromatic rings. The molecule has 27 heavy (non-hydrogen) atoms. The Morgan fingerprint density at radius 3 is 2.37 bits per heavy atom. The number of amides is 2. The average Bonchev–Trinajstić information content (AvgIpc) is 2.61. The zero-order valence-corrected chi connectivity index (χ0v) is 16.6. The van der Waals surface area contributed by atoms with Crippen LogP contribution in [0.5, 0.6) is 5.75 Å². The van der Waals surface area contributed by atoms with Crippen molar-refractivity contribution >= 4 is 29.3 Å². The van der Waals surface area contributed by atoms with Crippen LogP contribution in [-0.4, -0.2) is 32.3 Å². The molecule has 0 atom stereocenters. The first kappa shape index (κ1) is 20.6. The number of ether oxygens (including phenoxy) is 2. The monoisotopic (exact) mass is 390 g/mol. The summed E-state index contributed by atoms with van der Waals surface area (Å²) in [6.07, 6.45) is 0. The second-order valence-corrected chi connectivity index (χ2v) is 6.55. The summed E-state index contributed by atoms with van der Waals surface area (Å²) in [5.41, 5.74) is 3.92. The van der Waals surface area contributed by atoms with E-state index >= 15 is 0 Å². The van der Waals surface area contributed by atoms with Crippen molar-refractivity contribution < 1.29 is 19.1 Å². The summed E-state index contributed by atoms with van der Waals surface area (Å²) >= 11 is 6.06. The summed E-state index contributed by atoms with van der Waals surface area (Å²) in [6.45, 7) is 6.66. The fraction of sp³-hybridized carbons (Fsp3) is 0.300. The number of anilines is 1. The molecule has 0 spiro atoms. The predicted octanol–water partition coefficient (Wildman–Crippen LogP) is 4.25. The van der Waals surface area contributed by atoms with Gasteiger partial charge in [-0.2, -0.15) is 0 Å². The number of benzene rings is 2. The molecule has 6 nitrogen and oxygen atoms in total. The third kappa shape index (κ3) is 5.62. The number of esters is 1. The molecule has 0 radical (unpaired) electrons. The SMILES string of the molecule is COC(=O)c1ccc(Cl)c(NC(=O)NCCOc2c(C)cc(C)cc2C)c1. The van der Waals surface area contributed by atoms with Gasteiger partial charge in [-0.1, -0.05) is 29.3 Å². The van der Waals surface area contributed by atoms with Gasteiger partial charge in [-0.25, -0.2) is 9.59 Å². The van der Waals surface area contributed by atoms with Gasteiger partial charge in [0.2, 0.25) is 0 Å². The van der Waals surface area contributed by atoms with Crippen molar-refractivity contribution in [1.82, 2.24) is 5.32 Å². The number of rotatable bonds is 6. The summed E-state index contributed by atoms with van der Waals surface area (Å²) < 4.78 is 10.4. The summed E-state index contributed by atoms with van der Waals surface area (Å²) in [6, 6.07) is 8.17. The summed E-state index contributed by atoms with van der Waals surface area (Å²) in [7, 11) is 1.29. The molecule has 2 amide bonds. The van der Waals surface area contributed by atoms with Crippen molar-refractivity contribution in [3.8, 4) is 5.75 Å². The van der Waals surface area contributed by atoms with Gasteiger partial charge in [-0.15, -0.1) is 0 Å².